The lowest BCUT2D eigenvalue weighted by Crippen LogP contribution is -2.47. The average Bonchev–Trinajstić information content (AvgIpc) is 2.39. The third-order valence-electron chi connectivity index (χ3n) is 3.62. The van der Waals surface area contributed by atoms with Crippen LogP contribution in [0.2, 0.25) is 0 Å². The number of methoxy groups -OCH3 is 1. The van der Waals surface area contributed by atoms with Crippen molar-refractivity contribution in [3.05, 3.63) is 23.8 Å². The Hall–Kier alpha value is -1.75. The zero-order chi connectivity index (χ0) is 13.8. The number of benzene rings is 1. The smallest absolute Gasteiger partial charge is 0.234 e. The molecule has 4 N–H and O–H groups in total. The molecular weight excluding hydrogens is 242 g/mol. The van der Waals surface area contributed by atoms with Gasteiger partial charge in [0, 0.05) is 6.54 Å². The summed E-state index contributed by atoms with van der Waals surface area (Å²) in [6, 6.07) is 5.57. The monoisotopic (exact) mass is 263 g/mol. The van der Waals surface area contributed by atoms with Crippen molar-refractivity contribution in [1.29, 1.82) is 0 Å². The predicted molar refractivity (Wildman–Crippen MR) is 74.6 cm³/mol. The number of hydrogen-bond acceptors (Lipinski definition) is 4. The number of nitrogens with zero attached hydrogens (tertiary/aromatic N) is 1. The summed E-state index contributed by atoms with van der Waals surface area (Å²) in [6.45, 7) is 1.60. The second kappa shape index (κ2) is 5.93. The number of primary amides is 1. The Morgan fingerprint density at radius 3 is 2.89 bits per heavy atom. The van der Waals surface area contributed by atoms with Gasteiger partial charge in [-0.05, 0) is 37.1 Å². The van der Waals surface area contributed by atoms with Crippen LogP contribution in [-0.4, -0.2) is 30.5 Å². The van der Waals surface area contributed by atoms with E-state index in [0.29, 0.717) is 18.0 Å². The highest BCUT2D eigenvalue weighted by atomic mass is 16.5. The number of nitrogens with two attached hydrogens (primary N) is 2. The summed E-state index contributed by atoms with van der Waals surface area (Å²) in [7, 11) is 1.60. The maximum absolute atomic E-state index is 11.5. The maximum Gasteiger partial charge on any atom is 0.234 e. The van der Waals surface area contributed by atoms with Crippen LogP contribution in [0.25, 0.3) is 0 Å². The van der Waals surface area contributed by atoms with E-state index in [1.165, 1.54) is 0 Å². The molecule has 2 rings (SSSR count). The molecule has 0 radical (unpaired) electrons. The number of carbonyl (C=O) groups is 1. The number of ether oxygens (including phenoxy) is 1. The lowest BCUT2D eigenvalue weighted by molar-refractivity contribution is -0.124. The molecule has 1 aliphatic heterocycles. The highest BCUT2D eigenvalue weighted by Crippen LogP contribution is 2.25. The van der Waals surface area contributed by atoms with Crippen LogP contribution < -0.4 is 16.2 Å². The van der Waals surface area contributed by atoms with E-state index in [1.807, 2.05) is 18.2 Å². The molecular formula is C14H21N3O2. The number of anilines is 1. The number of carbonyl (C=O) groups excluding carboxylic acids is 1. The number of rotatable bonds is 4. The van der Waals surface area contributed by atoms with E-state index in [9.17, 15) is 4.79 Å². The van der Waals surface area contributed by atoms with Crippen molar-refractivity contribution in [1.82, 2.24) is 4.90 Å². The quantitative estimate of drug-likeness (QED) is 0.797. The summed E-state index contributed by atoms with van der Waals surface area (Å²) in [4.78, 5) is 13.6. The third kappa shape index (κ3) is 3.17. The predicted octanol–water partition coefficient (Wildman–Crippen LogP) is 1.12. The lowest BCUT2D eigenvalue weighted by Gasteiger charge is -2.33. The molecule has 1 aromatic carbocycles. The standard InChI is InChI=1S/C14H21N3O2/c1-19-13-6-5-10(8-11(13)15)9-17-7-3-2-4-12(17)14(16)18/h5-6,8,12H,2-4,7,9,15H2,1H3,(H2,16,18). The number of likely N-dealkylation sites (tertiary alicyclic amines) is 1. The molecule has 1 aliphatic rings. The Balaban J connectivity index is 2.10. The van der Waals surface area contributed by atoms with E-state index in [2.05, 4.69) is 4.90 Å². The van der Waals surface area contributed by atoms with Gasteiger partial charge in [-0.3, -0.25) is 9.69 Å². The van der Waals surface area contributed by atoms with Gasteiger partial charge in [0.05, 0.1) is 18.8 Å². The van der Waals surface area contributed by atoms with Crippen molar-refractivity contribution in [3.8, 4) is 5.75 Å². The van der Waals surface area contributed by atoms with E-state index in [-0.39, 0.29) is 11.9 Å². The van der Waals surface area contributed by atoms with Crippen molar-refractivity contribution in [3.63, 3.8) is 0 Å². The molecule has 1 heterocycles. The highest BCUT2D eigenvalue weighted by Gasteiger charge is 2.26. The van der Waals surface area contributed by atoms with Crippen LogP contribution in [0.1, 0.15) is 24.8 Å². The summed E-state index contributed by atoms with van der Waals surface area (Å²) < 4.78 is 5.14. The Morgan fingerprint density at radius 2 is 2.26 bits per heavy atom. The van der Waals surface area contributed by atoms with Crippen molar-refractivity contribution in [2.45, 2.75) is 31.8 Å². The number of amides is 1. The van der Waals surface area contributed by atoms with E-state index >= 15 is 0 Å². The first-order valence-corrected chi connectivity index (χ1v) is 6.57. The van der Waals surface area contributed by atoms with E-state index in [4.69, 9.17) is 16.2 Å². The molecule has 0 aliphatic carbocycles. The topological polar surface area (TPSA) is 81.6 Å². The largest absolute Gasteiger partial charge is 0.495 e. The lowest BCUT2D eigenvalue weighted by atomic mass is 10.0. The van der Waals surface area contributed by atoms with E-state index in [0.717, 1.165) is 31.4 Å². The minimum absolute atomic E-state index is 0.155. The Bertz CT molecular complexity index is 462. The first-order chi connectivity index (χ1) is 9.11. The van der Waals surface area contributed by atoms with Gasteiger partial charge in [0.2, 0.25) is 5.91 Å². The summed E-state index contributed by atoms with van der Waals surface area (Å²) in [5.41, 5.74) is 13.1. The second-order valence-electron chi connectivity index (χ2n) is 4.96. The molecule has 1 unspecified atom stereocenters. The van der Waals surface area contributed by atoms with Crippen LogP contribution in [0.5, 0.6) is 5.75 Å². The van der Waals surface area contributed by atoms with Crippen LogP contribution in [0, 0.1) is 0 Å². The first-order valence-electron chi connectivity index (χ1n) is 6.57. The fourth-order valence-electron chi connectivity index (χ4n) is 2.62. The van der Waals surface area contributed by atoms with Gasteiger partial charge in [-0.15, -0.1) is 0 Å². The number of hydrogen-bond donors (Lipinski definition) is 2. The molecule has 5 heteroatoms. The zero-order valence-electron chi connectivity index (χ0n) is 11.3. The molecule has 1 saturated heterocycles. The third-order valence-corrected chi connectivity index (χ3v) is 3.62. The molecule has 104 valence electrons. The van der Waals surface area contributed by atoms with Crippen LogP contribution >= 0.6 is 0 Å². The van der Waals surface area contributed by atoms with Crippen molar-refractivity contribution < 1.29 is 9.53 Å². The number of piperidine rings is 1. The second-order valence-corrected chi connectivity index (χ2v) is 4.96. The molecule has 5 nitrogen and oxygen atoms in total. The Kier molecular flexibility index (Phi) is 4.27. The van der Waals surface area contributed by atoms with Crippen molar-refractivity contribution >= 4 is 11.6 Å². The van der Waals surface area contributed by atoms with Crippen LogP contribution in [0.15, 0.2) is 18.2 Å². The van der Waals surface area contributed by atoms with Gasteiger partial charge < -0.3 is 16.2 Å². The Morgan fingerprint density at radius 1 is 1.47 bits per heavy atom. The fourth-order valence-corrected chi connectivity index (χ4v) is 2.62. The fraction of sp³-hybridized carbons (Fsp3) is 0.500. The normalized spacial score (nSPS) is 20.2. The van der Waals surface area contributed by atoms with Gasteiger partial charge in [-0.25, -0.2) is 0 Å². The zero-order valence-corrected chi connectivity index (χ0v) is 11.3. The van der Waals surface area contributed by atoms with Gasteiger partial charge in [0.25, 0.3) is 0 Å². The number of nitrogen functional groups attached to an aromatic ring is 1. The van der Waals surface area contributed by atoms with Crippen LogP contribution in [0.3, 0.4) is 0 Å². The van der Waals surface area contributed by atoms with Gasteiger partial charge in [0.15, 0.2) is 0 Å². The average molecular weight is 263 g/mol. The van der Waals surface area contributed by atoms with Gasteiger partial charge in [-0.2, -0.15) is 0 Å². The molecule has 0 spiro atoms. The summed E-state index contributed by atoms with van der Waals surface area (Å²) in [5.74, 6) is 0.440. The van der Waals surface area contributed by atoms with Crippen LogP contribution in [-0.2, 0) is 11.3 Å². The molecule has 0 aromatic heterocycles. The minimum Gasteiger partial charge on any atom is -0.495 e. The maximum atomic E-state index is 11.5. The Labute approximate surface area is 113 Å². The van der Waals surface area contributed by atoms with Crippen LogP contribution in [0.4, 0.5) is 5.69 Å². The summed E-state index contributed by atoms with van der Waals surface area (Å²) in [6.07, 6.45) is 3.02. The first kappa shape index (κ1) is 13.7. The summed E-state index contributed by atoms with van der Waals surface area (Å²) >= 11 is 0. The minimum atomic E-state index is -0.235. The molecule has 0 saturated carbocycles. The van der Waals surface area contributed by atoms with Crippen molar-refractivity contribution in [2.24, 2.45) is 5.73 Å². The van der Waals surface area contributed by atoms with Gasteiger partial charge >= 0.3 is 0 Å². The SMILES string of the molecule is COc1ccc(CN2CCCCC2C(N)=O)cc1N. The van der Waals surface area contributed by atoms with Crippen molar-refractivity contribution in [2.75, 3.05) is 19.4 Å². The molecule has 1 amide bonds. The molecule has 19 heavy (non-hydrogen) atoms. The van der Waals surface area contributed by atoms with Gasteiger partial charge in [0.1, 0.15) is 5.75 Å². The molecule has 0 bridgehead atoms. The van der Waals surface area contributed by atoms with E-state index in [1.54, 1.807) is 7.11 Å². The van der Waals surface area contributed by atoms with Gasteiger partial charge in [-0.1, -0.05) is 12.5 Å². The molecule has 1 fully saturated rings. The molecule has 1 aromatic rings. The van der Waals surface area contributed by atoms with E-state index < -0.39 is 0 Å². The summed E-state index contributed by atoms with van der Waals surface area (Å²) in [5, 5.41) is 0. The highest BCUT2D eigenvalue weighted by molar-refractivity contribution is 5.79. The molecule has 1 atom stereocenters.